The molecule has 8 aliphatic rings. The van der Waals surface area contributed by atoms with E-state index < -0.39 is 144 Å². The fraction of sp³-hybridized carbons (Fsp3) is 0.312. The van der Waals surface area contributed by atoms with Gasteiger partial charge in [-0.1, -0.05) is 72.8 Å². The van der Waals surface area contributed by atoms with Gasteiger partial charge in [-0.15, -0.1) is 0 Å². The molecule has 0 spiro atoms. The largest absolute Gasteiger partial charge is 0.459 e. The van der Waals surface area contributed by atoms with Crippen molar-refractivity contribution in [3.8, 4) is 24.0 Å². The number of aliphatic hydroxyl groups is 4. The molecule has 16 rings (SSSR count). The molecule has 0 radical (unpaired) electrons. The van der Waals surface area contributed by atoms with Crippen LogP contribution in [0.5, 0.6) is 24.0 Å². The summed E-state index contributed by atoms with van der Waals surface area (Å²) < 4.78 is 71.7. The number of carbonyl (C=O) groups excluding carboxylic acids is 4. The van der Waals surface area contributed by atoms with Crippen LogP contribution in [0.25, 0.3) is 0 Å². The van der Waals surface area contributed by atoms with Crippen LogP contribution in [0.15, 0.2) is 190 Å². The third-order valence-electron chi connectivity index (χ3n) is 16.1. The number of hydrogen-bond acceptors (Lipinski definition) is 28. The first-order valence-electron chi connectivity index (χ1n) is 29.8. The zero-order valence-corrected chi connectivity index (χ0v) is 50.3. The first-order chi connectivity index (χ1) is 46.5. The van der Waals surface area contributed by atoms with Crippen molar-refractivity contribution in [2.45, 2.75) is 98.2 Å². The maximum atomic E-state index is 11.9. The molecule has 16 unspecified atom stereocenters. The summed E-state index contributed by atoms with van der Waals surface area (Å²) in [5, 5.41) is 41.3. The molecule has 8 aromatic rings. The highest BCUT2D eigenvalue weighted by molar-refractivity contribution is 5.90. The van der Waals surface area contributed by atoms with E-state index in [2.05, 4.69) is 19.9 Å². The summed E-state index contributed by atoms with van der Waals surface area (Å²) in [6.07, 6.45) is -6.11. The van der Waals surface area contributed by atoms with Crippen molar-refractivity contribution in [1.82, 2.24) is 38.2 Å². The van der Waals surface area contributed by atoms with E-state index in [9.17, 15) is 58.8 Å². The van der Waals surface area contributed by atoms with Crippen LogP contribution < -0.4 is 41.2 Å². The lowest BCUT2D eigenvalue weighted by Gasteiger charge is -2.17. The molecule has 0 amide bonds. The van der Waals surface area contributed by atoms with Crippen LogP contribution in [-0.2, 0) is 37.9 Å². The number of esters is 4. The van der Waals surface area contributed by atoms with Crippen LogP contribution in [0.2, 0.25) is 0 Å². The van der Waals surface area contributed by atoms with E-state index in [0.717, 1.165) is 0 Å². The normalized spacial score (nSPS) is 26.9. The monoisotopic (exact) mass is 1340 g/mol. The van der Waals surface area contributed by atoms with E-state index in [4.69, 9.17) is 56.8 Å². The minimum absolute atomic E-state index is 0. The van der Waals surface area contributed by atoms with Crippen molar-refractivity contribution >= 4 is 23.9 Å². The second-order valence-corrected chi connectivity index (χ2v) is 22.2. The van der Waals surface area contributed by atoms with Crippen molar-refractivity contribution in [3.05, 3.63) is 234 Å². The van der Waals surface area contributed by atoms with E-state index in [1.165, 1.54) is 67.3 Å². The predicted molar refractivity (Wildman–Crippen MR) is 322 cm³/mol. The van der Waals surface area contributed by atoms with Crippen LogP contribution in [0.3, 0.4) is 0 Å². The second-order valence-electron chi connectivity index (χ2n) is 22.2. The van der Waals surface area contributed by atoms with Gasteiger partial charge in [0, 0.05) is 49.1 Å². The number of hydrogen-bond donors (Lipinski definition) is 4. The number of nitrogens with zero attached hydrogens (tertiary/aromatic N) is 8. The summed E-state index contributed by atoms with van der Waals surface area (Å²) in [6, 6.07) is 39.8. The molecule has 4 saturated heterocycles. The fourth-order valence-electron chi connectivity index (χ4n) is 11.3. The summed E-state index contributed by atoms with van der Waals surface area (Å²) in [7, 11) is 0. The number of rotatable bonds is 12. The van der Waals surface area contributed by atoms with Gasteiger partial charge >= 0.3 is 47.9 Å². The molecule has 4 aromatic heterocycles. The van der Waals surface area contributed by atoms with Crippen LogP contribution in [0, 0.1) is 0 Å². The third kappa shape index (κ3) is 14.0. The number of benzene rings is 4. The molecule has 4 aromatic carbocycles. The number of carbonyl (C=O) groups is 4. The van der Waals surface area contributed by atoms with E-state index >= 15 is 0 Å². The van der Waals surface area contributed by atoms with Crippen molar-refractivity contribution < 1.29 is 102 Å². The first-order valence-corrected chi connectivity index (χ1v) is 29.8. The highest BCUT2D eigenvalue weighted by Crippen LogP contribution is 2.42. The molecule has 12 heterocycles. The Bertz CT molecular complexity index is 3840. The van der Waals surface area contributed by atoms with Crippen LogP contribution in [0.1, 0.15) is 66.3 Å². The lowest BCUT2D eigenvalue weighted by atomic mass is 10.1. The smallest absolute Gasteiger partial charge is 0.338 e. The molecule has 0 bridgehead atoms. The molecule has 33 heteroatoms. The SMILES string of the molecule is O.O=C(OCC1OC2C(Oc3nc(=O)ccn32)C1O)c1ccccc1.O=C(OCC1OC2C(Oc3nc(=O)ccn32)C1O)c1ccccc1.O=C(OCC1OC2C(Oc3nc(=O)ccn32)C1O)c1ccccc1.O=C(OCC1OC2C(Oc3nc(=O)ccn32)C1O)c1ccccc1. The third-order valence-corrected chi connectivity index (χ3v) is 16.1. The highest BCUT2D eigenvalue weighted by Gasteiger charge is 2.55. The maximum absolute atomic E-state index is 11.9. The lowest BCUT2D eigenvalue weighted by molar-refractivity contribution is -0.0512. The van der Waals surface area contributed by atoms with Crippen molar-refractivity contribution in [2.24, 2.45) is 0 Å². The minimum atomic E-state index is -1.00. The minimum Gasteiger partial charge on any atom is -0.459 e. The standard InChI is InChI=1S/4C16H14N2O6.H2O/c4*19-11-6-7-18-14-13(24-16(18)17-11)12(20)10(23-14)8-22-15(21)9-4-2-1-3-5-9;/h4*1-7,10,12-14,20H,8H2;1H2. The van der Waals surface area contributed by atoms with Gasteiger partial charge in [-0.25, -0.2) is 19.2 Å². The van der Waals surface area contributed by atoms with Crippen LogP contribution >= 0.6 is 0 Å². The van der Waals surface area contributed by atoms with Gasteiger partial charge in [0.25, 0.3) is 22.2 Å². The van der Waals surface area contributed by atoms with E-state index in [-0.39, 0.29) is 55.9 Å². The maximum Gasteiger partial charge on any atom is 0.338 e. The molecule has 97 heavy (non-hydrogen) atoms. The molecule has 0 saturated carbocycles. The van der Waals surface area contributed by atoms with Gasteiger partial charge in [-0.3, -0.25) is 37.4 Å². The average molecular weight is 1340 g/mol. The lowest BCUT2D eigenvalue weighted by Crippen LogP contribution is -2.36. The Hall–Kier alpha value is -10.9. The number of aliphatic hydroxyl groups excluding tert-OH is 4. The van der Waals surface area contributed by atoms with Crippen LogP contribution in [0.4, 0.5) is 0 Å². The summed E-state index contributed by atoms with van der Waals surface area (Å²) in [6.45, 7) is -0.412. The summed E-state index contributed by atoms with van der Waals surface area (Å²) >= 11 is 0. The molecule has 6 N–H and O–H groups in total. The zero-order chi connectivity index (χ0) is 66.7. The molecule has 504 valence electrons. The molecule has 16 atom stereocenters. The Kier molecular flexibility index (Phi) is 19.5. The quantitative estimate of drug-likeness (QED) is 0.0897. The highest BCUT2D eigenvalue weighted by atomic mass is 16.7. The predicted octanol–water partition coefficient (Wildman–Crippen LogP) is -0.346. The van der Waals surface area contributed by atoms with Gasteiger partial charge in [-0.2, -0.15) is 19.9 Å². The van der Waals surface area contributed by atoms with Crippen LogP contribution in [-0.4, -0.2) is 188 Å². The Morgan fingerprint density at radius 2 is 0.526 bits per heavy atom. The summed E-state index contributed by atoms with van der Waals surface area (Å²) in [4.78, 5) is 108. The summed E-state index contributed by atoms with van der Waals surface area (Å²) in [5.74, 6) is -1.96. The van der Waals surface area contributed by atoms with Crippen molar-refractivity contribution in [1.29, 1.82) is 0 Å². The van der Waals surface area contributed by atoms with Gasteiger partial charge in [0.2, 0.25) is 0 Å². The topological polar surface area (TPSA) is 431 Å². The average Bonchev–Trinajstić information content (AvgIpc) is 1.64. The summed E-state index contributed by atoms with van der Waals surface area (Å²) in [5.41, 5.74) is -0.00970. The molecule has 0 aliphatic carbocycles. The Labute approximate surface area is 544 Å². The first kappa shape index (κ1) is 66.2. The number of fused-ring (bicyclic) bond motifs is 12. The van der Waals surface area contributed by atoms with E-state index in [1.54, 1.807) is 121 Å². The molecule has 33 nitrogen and oxygen atoms in total. The second kappa shape index (κ2) is 28.6. The Morgan fingerprint density at radius 1 is 0.330 bits per heavy atom. The van der Waals surface area contributed by atoms with Gasteiger partial charge in [-0.05, 0) is 48.5 Å². The Balaban J connectivity index is 0.000000123. The van der Waals surface area contributed by atoms with Gasteiger partial charge in [0.15, 0.2) is 49.3 Å². The Morgan fingerprint density at radius 3 is 0.722 bits per heavy atom. The molecular formula is C64H58N8O25. The van der Waals surface area contributed by atoms with Crippen molar-refractivity contribution in [3.63, 3.8) is 0 Å². The van der Waals surface area contributed by atoms with Gasteiger partial charge in [0.05, 0.1) is 22.3 Å². The van der Waals surface area contributed by atoms with Crippen molar-refractivity contribution in [2.75, 3.05) is 26.4 Å². The number of ether oxygens (including phenoxy) is 12. The number of aromatic nitrogens is 8. The molecule has 4 fully saturated rings. The molecular weight excluding hydrogens is 1280 g/mol. The van der Waals surface area contributed by atoms with Gasteiger partial charge < -0.3 is 82.7 Å². The van der Waals surface area contributed by atoms with E-state index in [0.29, 0.717) is 22.3 Å². The fourth-order valence-corrected chi connectivity index (χ4v) is 11.3. The zero-order valence-electron chi connectivity index (χ0n) is 50.3. The molecule has 8 aliphatic heterocycles. The van der Waals surface area contributed by atoms with Gasteiger partial charge in [0.1, 0.15) is 75.3 Å². The van der Waals surface area contributed by atoms with E-state index in [1.807, 2.05) is 0 Å².